The van der Waals surface area contributed by atoms with Crippen LogP contribution >= 0.6 is 23.1 Å². The lowest BCUT2D eigenvalue weighted by Gasteiger charge is -2.21. The van der Waals surface area contributed by atoms with Crippen LogP contribution in [0.5, 0.6) is 0 Å². The Labute approximate surface area is 121 Å². The molecule has 0 radical (unpaired) electrons. The Hall–Kier alpha value is -1.26. The number of amides is 1. The van der Waals surface area contributed by atoms with E-state index in [1.165, 1.54) is 16.2 Å². The molecule has 0 bridgehead atoms. The number of thiophene rings is 1. The second kappa shape index (κ2) is 5.39. The van der Waals surface area contributed by atoms with Crippen molar-refractivity contribution in [3.63, 3.8) is 0 Å². The highest BCUT2D eigenvalue weighted by molar-refractivity contribution is 8.00. The summed E-state index contributed by atoms with van der Waals surface area (Å²) in [7, 11) is 0. The van der Waals surface area contributed by atoms with Gasteiger partial charge in [0.15, 0.2) is 0 Å². The average molecular weight is 289 g/mol. The number of hydrogen-bond acceptors (Lipinski definition) is 3. The van der Waals surface area contributed by atoms with Crippen LogP contribution in [0, 0.1) is 0 Å². The zero-order valence-electron chi connectivity index (χ0n) is 10.7. The van der Waals surface area contributed by atoms with Gasteiger partial charge in [-0.3, -0.25) is 4.79 Å². The molecule has 2 heterocycles. The minimum Gasteiger partial charge on any atom is -0.306 e. The molecule has 98 valence electrons. The van der Waals surface area contributed by atoms with E-state index in [9.17, 15) is 4.79 Å². The molecule has 0 saturated heterocycles. The molecule has 3 rings (SSSR count). The number of para-hydroxylation sites is 1. The minimum absolute atomic E-state index is 0.122. The first-order chi connectivity index (χ1) is 9.25. The summed E-state index contributed by atoms with van der Waals surface area (Å²) in [4.78, 5) is 16.6. The number of rotatable bonds is 1. The molecule has 2 aromatic rings. The van der Waals surface area contributed by atoms with Gasteiger partial charge in [0.2, 0.25) is 0 Å². The maximum Gasteiger partial charge on any atom is 0.268 e. The monoisotopic (exact) mass is 289 g/mol. The first kappa shape index (κ1) is 12.8. The molecule has 0 fully saturated rings. The van der Waals surface area contributed by atoms with E-state index < -0.39 is 0 Å². The van der Waals surface area contributed by atoms with E-state index >= 15 is 0 Å². The molecule has 1 amide bonds. The van der Waals surface area contributed by atoms with Crippen LogP contribution < -0.4 is 4.90 Å². The summed E-state index contributed by atoms with van der Waals surface area (Å²) in [6, 6.07) is 12.0. The number of carbonyl (C=O) groups is 1. The maximum absolute atomic E-state index is 12.6. The van der Waals surface area contributed by atoms with Crippen LogP contribution in [0.15, 0.2) is 46.7 Å². The quantitative estimate of drug-likeness (QED) is 0.781. The first-order valence-electron chi connectivity index (χ1n) is 6.37. The lowest BCUT2D eigenvalue weighted by molar-refractivity contribution is 0.0990. The topological polar surface area (TPSA) is 20.3 Å². The van der Waals surface area contributed by atoms with Gasteiger partial charge >= 0.3 is 0 Å². The van der Waals surface area contributed by atoms with Crippen LogP contribution in [0.1, 0.15) is 23.0 Å². The largest absolute Gasteiger partial charge is 0.306 e. The summed E-state index contributed by atoms with van der Waals surface area (Å²) in [5, 5.41) is 2.50. The predicted octanol–water partition coefficient (Wildman–Crippen LogP) is 4.28. The number of hydrogen-bond donors (Lipinski definition) is 0. The molecule has 0 saturated carbocycles. The van der Waals surface area contributed by atoms with E-state index in [1.807, 2.05) is 52.4 Å². The van der Waals surface area contributed by atoms with E-state index in [1.54, 1.807) is 0 Å². The molecule has 4 heteroatoms. The second-order valence-electron chi connectivity index (χ2n) is 4.62. The Kier molecular flexibility index (Phi) is 3.62. The van der Waals surface area contributed by atoms with Crippen LogP contribution in [0.2, 0.25) is 0 Å². The highest BCUT2D eigenvalue weighted by atomic mass is 32.2. The Morgan fingerprint density at radius 1 is 1.26 bits per heavy atom. The lowest BCUT2D eigenvalue weighted by Crippen LogP contribution is -2.31. The fraction of sp³-hybridized carbons (Fsp3) is 0.267. The molecule has 0 N–H and O–H groups in total. The van der Waals surface area contributed by atoms with Gasteiger partial charge in [0.25, 0.3) is 5.91 Å². The van der Waals surface area contributed by atoms with Crippen molar-refractivity contribution < 1.29 is 4.79 Å². The molecule has 0 aliphatic carbocycles. The summed E-state index contributed by atoms with van der Waals surface area (Å²) in [6.07, 6.45) is 1.02. The highest BCUT2D eigenvalue weighted by Crippen LogP contribution is 2.38. The van der Waals surface area contributed by atoms with E-state index in [4.69, 9.17) is 0 Å². The van der Waals surface area contributed by atoms with Crippen molar-refractivity contribution in [2.45, 2.75) is 23.5 Å². The molecule has 0 spiro atoms. The average Bonchev–Trinajstić information content (AvgIpc) is 2.89. The molecular formula is C15H15NOS2. The number of anilines is 1. The van der Waals surface area contributed by atoms with Gasteiger partial charge in [-0.15, -0.1) is 23.1 Å². The summed E-state index contributed by atoms with van der Waals surface area (Å²) in [6.45, 7) is 3.02. The number of benzene rings is 1. The molecule has 1 atom stereocenters. The van der Waals surface area contributed by atoms with Crippen molar-refractivity contribution in [3.05, 3.63) is 46.7 Å². The Morgan fingerprint density at radius 3 is 2.89 bits per heavy atom. The highest BCUT2D eigenvalue weighted by Gasteiger charge is 2.25. The summed E-state index contributed by atoms with van der Waals surface area (Å²) in [5.74, 6) is 0.122. The van der Waals surface area contributed by atoms with E-state index in [-0.39, 0.29) is 5.91 Å². The number of thioether (sulfide) groups is 1. The fourth-order valence-corrected chi connectivity index (χ4v) is 4.02. The van der Waals surface area contributed by atoms with Crippen molar-refractivity contribution in [2.24, 2.45) is 0 Å². The molecule has 1 aliphatic heterocycles. The van der Waals surface area contributed by atoms with Crippen LogP contribution in [0.4, 0.5) is 5.69 Å². The minimum atomic E-state index is 0.122. The lowest BCUT2D eigenvalue weighted by atomic mass is 10.2. The number of nitrogens with zero attached hydrogens (tertiary/aromatic N) is 1. The standard InChI is InChI=1S/C15H15NOS2/c1-11-8-9-16(15(17)14-7-4-10-18-14)12-5-2-3-6-13(12)19-11/h2-7,10-11H,8-9H2,1H3/t11-/m1/s1. The summed E-state index contributed by atoms with van der Waals surface area (Å²) >= 11 is 3.37. The van der Waals surface area contributed by atoms with Crippen molar-refractivity contribution in [3.8, 4) is 0 Å². The van der Waals surface area contributed by atoms with Gasteiger partial charge in [0.1, 0.15) is 0 Å². The molecule has 0 unspecified atom stereocenters. The molecule has 2 nitrogen and oxygen atoms in total. The fourth-order valence-electron chi connectivity index (χ4n) is 2.23. The molecule has 1 aliphatic rings. The normalized spacial score (nSPS) is 18.8. The van der Waals surface area contributed by atoms with Crippen molar-refractivity contribution in [1.29, 1.82) is 0 Å². The van der Waals surface area contributed by atoms with Gasteiger partial charge < -0.3 is 4.90 Å². The van der Waals surface area contributed by atoms with Gasteiger partial charge in [0, 0.05) is 16.7 Å². The van der Waals surface area contributed by atoms with Gasteiger partial charge in [-0.1, -0.05) is 25.1 Å². The molecule has 19 heavy (non-hydrogen) atoms. The maximum atomic E-state index is 12.6. The first-order valence-corrected chi connectivity index (χ1v) is 8.12. The van der Waals surface area contributed by atoms with Crippen molar-refractivity contribution in [2.75, 3.05) is 11.4 Å². The Morgan fingerprint density at radius 2 is 2.11 bits per heavy atom. The summed E-state index contributed by atoms with van der Waals surface area (Å²) < 4.78 is 0. The van der Waals surface area contributed by atoms with E-state index in [2.05, 4.69) is 13.0 Å². The van der Waals surface area contributed by atoms with Gasteiger partial charge in [-0.2, -0.15) is 0 Å². The van der Waals surface area contributed by atoms with Crippen LogP contribution in [0.25, 0.3) is 0 Å². The van der Waals surface area contributed by atoms with Gasteiger partial charge in [0.05, 0.1) is 10.6 Å². The van der Waals surface area contributed by atoms with Crippen molar-refractivity contribution in [1.82, 2.24) is 0 Å². The predicted molar refractivity (Wildman–Crippen MR) is 82.4 cm³/mol. The molecular weight excluding hydrogens is 274 g/mol. The SMILES string of the molecule is C[C@@H]1CCN(C(=O)c2cccs2)c2ccccc2S1. The number of fused-ring (bicyclic) bond motifs is 1. The third-order valence-electron chi connectivity index (χ3n) is 3.22. The van der Waals surface area contributed by atoms with Gasteiger partial charge in [-0.05, 0) is 30.0 Å². The Balaban J connectivity index is 2.00. The summed E-state index contributed by atoms with van der Waals surface area (Å²) in [5.41, 5.74) is 1.05. The smallest absolute Gasteiger partial charge is 0.268 e. The number of carbonyl (C=O) groups excluding carboxylic acids is 1. The third kappa shape index (κ3) is 2.55. The van der Waals surface area contributed by atoms with Crippen LogP contribution in [-0.4, -0.2) is 17.7 Å². The van der Waals surface area contributed by atoms with E-state index in [0.29, 0.717) is 5.25 Å². The third-order valence-corrected chi connectivity index (χ3v) is 5.32. The molecule has 1 aromatic heterocycles. The van der Waals surface area contributed by atoms with Crippen molar-refractivity contribution >= 4 is 34.7 Å². The van der Waals surface area contributed by atoms with Gasteiger partial charge in [-0.25, -0.2) is 0 Å². The zero-order valence-corrected chi connectivity index (χ0v) is 12.3. The van der Waals surface area contributed by atoms with Crippen LogP contribution in [0.3, 0.4) is 0 Å². The second-order valence-corrected chi connectivity index (χ2v) is 7.05. The zero-order chi connectivity index (χ0) is 13.2. The van der Waals surface area contributed by atoms with Crippen LogP contribution in [-0.2, 0) is 0 Å². The molecule has 1 aromatic carbocycles. The Bertz CT molecular complexity index is 580. The van der Waals surface area contributed by atoms with E-state index in [0.717, 1.165) is 23.5 Å².